The van der Waals surface area contributed by atoms with Gasteiger partial charge in [-0.25, -0.2) is 8.42 Å². The minimum atomic E-state index is -3.62. The van der Waals surface area contributed by atoms with Crippen molar-refractivity contribution in [2.45, 2.75) is 11.8 Å². The molecule has 0 spiro atoms. The number of sulfonamides is 1. The highest BCUT2D eigenvalue weighted by atomic mass is 35.5. The van der Waals surface area contributed by atoms with Crippen molar-refractivity contribution in [1.82, 2.24) is 9.21 Å². The number of hydrogen-bond donors (Lipinski definition) is 0. The van der Waals surface area contributed by atoms with Crippen LogP contribution in [0.3, 0.4) is 0 Å². The Labute approximate surface area is 171 Å². The molecule has 0 radical (unpaired) electrons. The fourth-order valence-corrected chi connectivity index (χ4v) is 5.25. The Kier molecular flexibility index (Phi) is 6.61. The minimum Gasteiger partial charge on any atom is -0.297 e. The second-order valence-electron chi connectivity index (χ2n) is 6.55. The van der Waals surface area contributed by atoms with E-state index in [0.29, 0.717) is 36.8 Å². The fourth-order valence-electron chi connectivity index (χ4n) is 3.02. The maximum absolute atomic E-state index is 12.9. The van der Waals surface area contributed by atoms with E-state index in [1.165, 1.54) is 10.4 Å². The minimum absolute atomic E-state index is 0.128. The van der Waals surface area contributed by atoms with E-state index in [9.17, 15) is 8.42 Å². The fraction of sp³-hybridized carbons (Fsp3) is 0.300. The Hall–Kier alpha value is -1.37. The molecule has 2 aromatic carbocycles. The molecule has 0 amide bonds. The third-order valence-electron chi connectivity index (χ3n) is 4.64. The first kappa shape index (κ1) is 20.4. The zero-order valence-electron chi connectivity index (χ0n) is 15.1. The molecule has 0 atom stereocenters. The van der Waals surface area contributed by atoms with E-state index in [0.717, 1.165) is 12.1 Å². The second kappa shape index (κ2) is 8.76. The van der Waals surface area contributed by atoms with Gasteiger partial charge in [0.05, 0.1) is 5.02 Å². The largest absolute Gasteiger partial charge is 0.297 e. The van der Waals surface area contributed by atoms with E-state index in [-0.39, 0.29) is 9.92 Å². The van der Waals surface area contributed by atoms with Gasteiger partial charge in [-0.3, -0.25) is 4.90 Å². The number of hydrogen-bond acceptors (Lipinski definition) is 3. The average molecular weight is 425 g/mol. The van der Waals surface area contributed by atoms with Gasteiger partial charge in [0.25, 0.3) is 0 Å². The monoisotopic (exact) mass is 424 g/mol. The Morgan fingerprint density at radius 3 is 2.33 bits per heavy atom. The molecule has 1 heterocycles. The van der Waals surface area contributed by atoms with Gasteiger partial charge >= 0.3 is 0 Å². The molecular weight excluding hydrogens is 403 g/mol. The van der Waals surface area contributed by atoms with Crippen LogP contribution in [-0.2, 0) is 10.0 Å². The normalized spacial score (nSPS) is 16.9. The molecule has 0 aromatic heterocycles. The zero-order chi connectivity index (χ0) is 19.4. The number of aryl methyl sites for hydroxylation is 1. The van der Waals surface area contributed by atoms with Crippen LogP contribution in [0.25, 0.3) is 6.08 Å². The maximum Gasteiger partial charge on any atom is 0.244 e. The number of piperazine rings is 1. The van der Waals surface area contributed by atoms with Crippen LogP contribution in [-0.4, -0.2) is 50.3 Å². The van der Waals surface area contributed by atoms with Gasteiger partial charge < -0.3 is 0 Å². The summed E-state index contributed by atoms with van der Waals surface area (Å²) < 4.78 is 27.4. The Bertz CT molecular complexity index is 922. The van der Waals surface area contributed by atoms with E-state index >= 15 is 0 Å². The number of halogens is 2. The van der Waals surface area contributed by atoms with Gasteiger partial charge in [0.2, 0.25) is 10.0 Å². The lowest BCUT2D eigenvalue weighted by Crippen LogP contribution is -2.48. The summed E-state index contributed by atoms with van der Waals surface area (Å²) in [7, 11) is -3.62. The summed E-state index contributed by atoms with van der Waals surface area (Å²) in [6.07, 6.45) is 4.19. The van der Waals surface area contributed by atoms with Crippen molar-refractivity contribution in [3.05, 3.63) is 69.7 Å². The van der Waals surface area contributed by atoms with Crippen LogP contribution < -0.4 is 0 Å². The van der Waals surface area contributed by atoms with Gasteiger partial charge in [0, 0.05) is 37.7 Å². The molecule has 27 heavy (non-hydrogen) atoms. The van der Waals surface area contributed by atoms with Crippen molar-refractivity contribution < 1.29 is 8.42 Å². The van der Waals surface area contributed by atoms with Crippen LogP contribution in [0, 0.1) is 6.92 Å². The number of benzene rings is 2. The van der Waals surface area contributed by atoms with Crippen molar-refractivity contribution in [1.29, 1.82) is 0 Å². The molecule has 3 rings (SSSR count). The molecule has 1 aliphatic rings. The van der Waals surface area contributed by atoms with Crippen molar-refractivity contribution in [3.8, 4) is 0 Å². The summed E-state index contributed by atoms with van der Waals surface area (Å²) in [4.78, 5) is 2.36. The lowest BCUT2D eigenvalue weighted by atomic mass is 10.2. The highest BCUT2D eigenvalue weighted by molar-refractivity contribution is 7.89. The molecule has 2 aromatic rings. The second-order valence-corrected chi connectivity index (χ2v) is 9.27. The molecule has 1 saturated heterocycles. The van der Waals surface area contributed by atoms with Crippen LogP contribution >= 0.6 is 23.2 Å². The van der Waals surface area contributed by atoms with Crippen molar-refractivity contribution in [2.75, 3.05) is 32.7 Å². The van der Waals surface area contributed by atoms with Gasteiger partial charge in [-0.05, 0) is 30.2 Å². The first-order valence-electron chi connectivity index (χ1n) is 8.77. The van der Waals surface area contributed by atoms with Gasteiger partial charge in [0.15, 0.2) is 0 Å². The smallest absolute Gasteiger partial charge is 0.244 e. The topological polar surface area (TPSA) is 40.6 Å². The van der Waals surface area contributed by atoms with Crippen LogP contribution in [0.5, 0.6) is 0 Å². The summed E-state index contributed by atoms with van der Waals surface area (Å²) in [5.74, 6) is 0. The highest BCUT2D eigenvalue weighted by Gasteiger charge is 2.30. The molecule has 144 valence electrons. The van der Waals surface area contributed by atoms with Crippen molar-refractivity contribution in [2.24, 2.45) is 0 Å². The molecule has 1 aliphatic heterocycles. The quantitative estimate of drug-likeness (QED) is 0.717. The lowest BCUT2D eigenvalue weighted by Gasteiger charge is -2.33. The van der Waals surface area contributed by atoms with E-state index < -0.39 is 10.0 Å². The summed E-state index contributed by atoms with van der Waals surface area (Å²) in [6, 6.07) is 13.2. The van der Waals surface area contributed by atoms with E-state index in [1.807, 2.05) is 18.2 Å². The predicted molar refractivity (Wildman–Crippen MR) is 112 cm³/mol. The van der Waals surface area contributed by atoms with Crippen molar-refractivity contribution in [3.63, 3.8) is 0 Å². The predicted octanol–water partition coefficient (Wildman–Crippen LogP) is 4.32. The first-order chi connectivity index (χ1) is 12.9. The van der Waals surface area contributed by atoms with E-state index in [4.69, 9.17) is 23.2 Å². The maximum atomic E-state index is 12.9. The summed E-state index contributed by atoms with van der Waals surface area (Å²) in [5.41, 5.74) is 1.86. The Morgan fingerprint density at radius 1 is 1.00 bits per heavy atom. The summed E-state index contributed by atoms with van der Waals surface area (Å²) >= 11 is 12.2. The van der Waals surface area contributed by atoms with Gasteiger partial charge in [-0.1, -0.05) is 65.7 Å². The molecule has 1 fully saturated rings. The summed E-state index contributed by atoms with van der Waals surface area (Å²) in [5, 5.41) is 0.632. The summed E-state index contributed by atoms with van der Waals surface area (Å²) in [6.45, 7) is 4.82. The molecule has 0 bridgehead atoms. The third-order valence-corrected chi connectivity index (χ3v) is 7.41. The highest BCUT2D eigenvalue weighted by Crippen LogP contribution is 2.30. The molecule has 0 unspecified atom stereocenters. The standard InChI is InChI=1S/C20H22Cl2N2O2S/c1-16-14-20(19(22)15-18(16)21)27(25,26)24-12-10-23(11-13-24)9-5-8-17-6-3-2-4-7-17/h2-8,14-15H,9-13H2,1H3. The van der Waals surface area contributed by atoms with Gasteiger partial charge in [-0.15, -0.1) is 0 Å². The number of nitrogens with zero attached hydrogens (tertiary/aromatic N) is 2. The van der Waals surface area contributed by atoms with Crippen LogP contribution in [0.1, 0.15) is 11.1 Å². The van der Waals surface area contributed by atoms with Gasteiger partial charge in [-0.2, -0.15) is 4.31 Å². The van der Waals surface area contributed by atoms with Crippen LogP contribution in [0.15, 0.2) is 53.4 Å². The van der Waals surface area contributed by atoms with E-state index in [1.54, 1.807) is 13.0 Å². The van der Waals surface area contributed by atoms with Crippen molar-refractivity contribution >= 4 is 39.3 Å². The molecule has 0 aliphatic carbocycles. The first-order valence-corrected chi connectivity index (χ1v) is 11.0. The average Bonchev–Trinajstić information content (AvgIpc) is 2.66. The van der Waals surface area contributed by atoms with Gasteiger partial charge in [0.1, 0.15) is 4.90 Å². The zero-order valence-corrected chi connectivity index (χ0v) is 17.4. The lowest BCUT2D eigenvalue weighted by molar-refractivity contribution is 0.204. The number of rotatable bonds is 5. The molecule has 0 N–H and O–H groups in total. The molecular formula is C20H22Cl2N2O2S. The Morgan fingerprint density at radius 2 is 1.67 bits per heavy atom. The SMILES string of the molecule is Cc1cc(S(=O)(=O)N2CCN(CC=Cc3ccccc3)CC2)c(Cl)cc1Cl. The molecule has 7 heteroatoms. The van der Waals surface area contributed by atoms with Crippen LogP contribution in [0.4, 0.5) is 0 Å². The molecule has 0 saturated carbocycles. The van der Waals surface area contributed by atoms with Crippen LogP contribution in [0.2, 0.25) is 10.0 Å². The van der Waals surface area contributed by atoms with E-state index in [2.05, 4.69) is 29.2 Å². The Balaban J connectivity index is 1.61. The molecule has 4 nitrogen and oxygen atoms in total. The third kappa shape index (κ3) is 4.92.